The highest BCUT2D eigenvalue weighted by molar-refractivity contribution is 7.22. The number of carbonyl (C=O) groups excluding carboxylic acids is 1. The number of nitrogens with one attached hydrogen (secondary N) is 1. The summed E-state index contributed by atoms with van der Waals surface area (Å²) in [6, 6.07) is 7.18. The molecular formula is C17H15ClN2O3S2. The number of hydrogen-bond donors (Lipinski definition) is 1. The standard InChI is InChI=1S/C17H15ClN2O3S2/c1-9-15(25-17(19-9)14-5-4-6-24-14)16(21)20-11-7-10(18)12(22-2)8-13(11)23-3/h4-8H,1-3H3,(H,20,21). The molecule has 0 fully saturated rings. The number of aryl methyl sites for hydroxylation is 1. The Balaban J connectivity index is 1.89. The molecule has 0 unspecified atom stereocenters. The van der Waals surface area contributed by atoms with Gasteiger partial charge in [0.15, 0.2) is 0 Å². The lowest BCUT2D eigenvalue weighted by Crippen LogP contribution is -2.12. The van der Waals surface area contributed by atoms with Crippen molar-refractivity contribution in [3.8, 4) is 21.4 Å². The predicted octanol–water partition coefficient (Wildman–Crippen LogP) is 5.10. The van der Waals surface area contributed by atoms with Gasteiger partial charge in [-0.25, -0.2) is 4.98 Å². The number of anilines is 1. The molecule has 2 heterocycles. The molecule has 0 bridgehead atoms. The zero-order chi connectivity index (χ0) is 18.0. The van der Waals surface area contributed by atoms with Crippen molar-refractivity contribution in [2.45, 2.75) is 6.92 Å². The third-order valence-electron chi connectivity index (χ3n) is 3.46. The second kappa shape index (κ2) is 7.43. The van der Waals surface area contributed by atoms with Crippen LogP contribution in [0.2, 0.25) is 5.02 Å². The van der Waals surface area contributed by atoms with Crippen molar-refractivity contribution in [2.24, 2.45) is 0 Å². The summed E-state index contributed by atoms with van der Waals surface area (Å²) in [7, 11) is 3.04. The normalized spacial score (nSPS) is 10.6. The number of amides is 1. The van der Waals surface area contributed by atoms with Crippen LogP contribution in [0.25, 0.3) is 9.88 Å². The van der Waals surface area contributed by atoms with Crippen molar-refractivity contribution in [1.29, 1.82) is 0 Å². The van der Waals surface area contributed by atoms with Crippen LogP contribution in [0.4, 0.5) is 5.69 Å². The summed E-state index contributed by atoms with van der Waals surface area (Å²) >= 11 is 9.10. The fraction of sp³-hybridized carbons (Fsp3) is 0.176. The van der Waals surface area contributed by atoms with Crippen LogP contribution in [0.3, 0.4) is 0 Å². The van der Waals surface area contributed by atoms with Gasteiger partial charge in [-0.05, 0) is 24.4 Å². The van der Waals surface area contributed by atoms with E-state index in [2.05, 4.69) is 10.3 Å². The van der Waals surface area contributed by atoms with Crippen molar-refractivity contribution < 1.29 is 14.3 Å². The number of aromatic nitrogens is 1. The molecule has 1 amide bonds. The average Bonchev–Trinajstić information content (AvgIpc) is 3.24. The van der Waals surface area contributed by atoms with Crippen molar-refractivity contribution in [3.05, 3.63) is 45.2 Å². The van der Waals surface area contributed by atoms with Crippen LogP contribution in [0, 0.1) is 6.92 Å². The highest BCUT2D eigenvalue weighted by Gasteiger charge is 2.19. The first-order chi connectivity index (χ1) is 12.0. The fourth-order valence-electron chi connectivity index (χ4n) is 2.25. The van der Waals surface area contributed by atoms with E-state index in [9.17, 15) is 4.79 Å². The van der Waals surface area contributed by atoms with Gasteiger partial charge in [-0.1, -0.05) is 17.7 Å². The number of ether oxygens (including phenoxy) is 2. The molecule has 0 aliphatic heterocycles. The molecular weight excluding hydrogens is 380 g/mol. The predicted molar refractivity (Wildman–Crippen MR) is 103 cm³/mol. The van der Waals surface area contributed by atoms with Crippen LogP contribution in [0.1, 0.15) is 15.4 Å². The first kappa shape index (κ1) is 17.7. The molecule has 25 heavy (non-hydrogen) atoms. The van der Waals surface area contributed by atoms with E-state index in [4.69, 9.17) is 21.1 Å². The van der Waals surface area contributed by atoms with Gasteiger partial charge in [0.2, 0.25) is 0 Å². The molecule has 1 aromatic carbocycles. The van der Waals surface area contributed by atoms with Crippen molar-refractivity contribution >= 4 is 45.9 Å². The minimum atomic E-state index is -0.252. The van der Waals surface area contributed by atoms with E-state index in [1.807, 2.05) is 24.4 Å². The van der Waals surface area contributed by atoms with E-state index in [1.54, 1.807) is 23.5 Å². The maximum absolute atomic E-state index is 12.7. The van der Waals surface area contributed by atoms with Gasteiger partial charge in [-0.3, -0.25) is 4.79 Å². The molecule has 130 valence electrons. The summed E-state index contributed by atoms with van der Waals surface area (Å²) in [4.78, 5) is 18.8. The number of thiazole rings is 1. The third-order valence-corrected chi connectivity index (χ3v) is 5.95. The van der Waals surface area contributed by atoms with E-state index in [1.165, 1.54) is 25.6 Å². The topological polar surface area (TPSA) is 60.5 Å². The first-order valence-electron chi connectivity index (χ1n) is 7.27. The lowest BCUT2D eigenvalue weighted by atomic mass is 10.2. The SMILES string of the molecule is COc1cc(OC)c(NC(=O)c2sc(-c3cccs3)nc2C)cc1Cl. The molecule has 0 atom stereocenters. The average molecular weight is 395 g/mol. The Kier molecular flexibility index (Phi) is 5.27. The van der Waals surface area contributed by atoms with Gasteiger partial charge in [0, 0.05) is 6.07 Å². The maximum Gasteiger partial charge on any atom is 0.267 e. The van der Waals surface area contributed by atoms with E-state index in [0.717, 1.165) is 9.88 Å². The van der Waals surface area contributed by atoms with Crippen LogP contribution >= 0.6 is 34.3 Å². The number of methoxy groups -OCH3 is 2. The Morgan fingerprint density at radius 1 is 1.24 bits per heavy atom. The summed E-state index contributed by atoms with van der Waals surface area (Å²) < 4.78 is 10.5. The van der Waals surface area contributed by atoms with Crippen LogP contribution in [-0.4, -0.2) is 25.1 Å². The molecule has 0 radical (unpaired) electrons. The number of carbonyl (C=O) groups is 1. The highest BCUT2D eigenvalue weighted by Crippen LogP contribution is 2.37. The Labute approximate surface area is 158 Å². The monoisotopic (exact) mass is 394 g/mol. The maximum atomic E-state index is 12.7. The van der Waals surface area contributed by atoms with E-state index in [-0.39, 0.29) is 5.91 Å². The van der Waals surface area contributed by atoms with Gasteiger partial charge in [0.25, 0.3) is 5.91 Å². The summed E-state index contributed by atoms with van der Waals surface area (Å²) in [6.07, 6.45) is 0. The van der Waals surface area contributed by atoms with Crippen LogP contribution in [-0.2, 0) is 0 Å². The molecule has 0 spiro atoms. The van der Waals surface area contributed by atoms with E-state index < -0.39 is 0 Å². The molecule has 0 saturated heterocycles. The summed E-state index contributed by atoms with van der Waals surface area (Å²) in [6.45, 7) is 1.82. The molecule has 3 rings (SSSR count). The molecule has 0 aliphatic carbocycles. The van der Waals surface area contributed by atoms with Crippen LogP contribution in [0.15, 0.2) is 29.6 Å². The zero-order valence-corrected chi connectivity index (χ0v) is 16.1. The number of halogens is 1. The number of rotatable bonds is 5. The second-order valence-corrected chi connectivity index (χ2v) is 7.41. The lowest BCUT2D eigenvalue weighted by molar-refractivity contribution is 0.102. The molecule has 3 aromatic rings. The van der Waals surface area contributed by atoms with Crippen LogP contribution in [0.5, 0.6) is 11.5 Å². The van der Waals surface area contributed by atoms with E-state index >= 15 is 0 Å². The van der Waals surface area contributed by atoms with Gasteiger partial charge in [0.05, 0.1) is 35.5 Å². The number of hydrogen-bond acceptors (Lipinski definition) is 6. The Morgan fingerprint density at radius 2 is 2.00 bits per heavy atom. The smallest absolute Gasteiger partial charge is 0.267 e. The van der Waals surface area contributed by atoms with Crippen LogP contribution < -0.4 is 14.8 Å². The highest BCUT2D eigenvalue weighted by atomic mass is 35.5. The lowest BCUT2D eigenvalue weighted by Gasteiger charge is -2.12. The summed E-state index contributed by atoms with van der Waals surface area (Å²) in [5.41, 5.74) is 1.16. The Bertz CT molecular complexity index is 907. The second-order valence-electron chi connectivity index (χ2n) is 5.05. The van der Waals surface area contributed by atoms with Gasteiger partial charge < -0.3 is 14.8 Å². The third kappa shape index (κ3) is 3.63. The van der Waals surface area contributed by atoms with Crippen molar-refractivity contribution in [2.75, 3.05) is 19.5 Å². The van der Waals surface area contributed by atoms with Gasteiger partial charge >= 0.3 is 0 Å². The minimum absolute atomic E-state index is 0.252. The van der Waals surface area contributed by atoms with Gasteiger partial charge in [-0.2, -0.15) is 0 Å². The molecule has 2 aromatic heterocycles. The fourth-order valence-corrected chi connectivity index (χ4v) is 4.25. The zero-order valence-electron chi connectivity index (χ0n) is 13.8. The molecule has 1 N–H and O–H groups in total. The van der Waals surface area contributed by atoms with Gasteiger partial charge in [-0.15, -0.1) is 22.7 Å². The quantitative estimate of drug-likeness (QED) is 0.653. The molecule has 8 heteroatoms. The number of benzene rings is 1. The Hall–Kier alpha value is -2.09. The largest absolute Gasteiger partial charge is 0.495 e. The van der Waals surface area contributed by atoms with E-state index in [0.29, 0.717) is 32.8 Å². The Morgan fingerprint density at radius 3 is 2.64 bits per heavy atom. The minimum Gasteiger partial charge on any atom is -0.495 e. The van der Waals surface area contributed by atoms with Crippen molar-refractivity contribution in [1.82, 2.24) is 4.98 Å². The molecule has 0 aliphatic rings. The van der Waals surface area contributed by atoms with Crippen molar-refractivity contribution in [3.63, 3.8) is 0 Å². The summed E-state index contributed by atoms with van der Waals surface area (Å²) in [5.74, 6) is 0.693. The first-order valence-corrected chi connectivity index (χ1v) is 9.35. The summed E-state index contributed by atoms with van der Waals surface area (Å²) in [5, 5.41) is 6.04. The van der Waals surface area contributed by atoms with Gasteiger partial charge in [0.1, 0.15) is 21.4 Å². The molecule has 0 saturated carbocycles. The number of thiophene rings is 1. The number of nitrogens with zero attached hydrogens (tertiary/aromatic N) is 1. The molecule has 5 nitrogen and oxygen atoms in total.